The fourth-order valence-electron chi connectivity index (χ4n) is 5.01. The van der Waals surface area contributed by atoms with E-state index >= 15 is 0 Å². The maximum Gasteiger partial charge on any atom is 0.322 e. The van der Waals surface area contributed by atoms with Gasteiger partial charge in [0, 0.05) is 12.0 Å². The van der Waals surface area contributed by atoms with Crippen molar-refractivity contribution in [1.29, 1.82) is 0 Å². The summed E-state index contributed by atoms with van der Waals surface area (Å²) < 4.78 is 6.06. The number of aliphatic carboxylic acids is 1. The van der Waals surface area contributed by atoms with Gasteiger partial charge in [0.15, 0.2) is 0 Å². The number of hydrogen-bond donors (Lipinski definition) is 2. The highest BCUT2D eigenvalue weighted by atomic mass is 16.5. The number of carboxylic acid groups (broad SMARTS) is 1. The van der Waals surface area contributed by atoms with Crippen molar-refractivity contribution in [1.82, 2.24) is 0 Å². The number of aliphatic hydroxyl groups is 1. The Kier molecular flexibility index (Phi) is 6.28. The van der Waals surface area contributed by atoms with Crippen LogP contribution in [0.3, 0.4) is 0 Å². The van der Waals surface area contributed by atoms with Crippen LogP contribution in [-0.4, -0.2) is 22.2 Å². The molecule has 0 amide bonds. The zero-order chi connectivity index (χ0) is 25.3. The molecule has 0 aliphatic heterocycles. The molecule has 0 spiro atoms. The predicted molar refractivity (Wildman–Crippen MR) is 135 cm³/mol. The quantitative estimate of drug-likeness (QED) is 0.348. The molecule has 5 heteroatoms. The van der Waals surface area contributed by atoms with Crippen LogP contribution >= 0.6 is 0 Å². The third-order valence-corrected chi connectivity index (χ3v) is 6.76. The number of carbonyl (C=O) groups is 2. The summed E-state index contributed by atoms with van der Waals surface area (Å²) in [5.74, 6) is -1.47. The molecule has 0 aromatic heterocycles. The normalized spacial score (nSPS) is 22.2. The molecule has 1 aliphatic rings. The molecule has 5 nitrogen and oxygen atoms in total. The number of esters is 1. The second-order valence-corrected chi connectivity index (χ2v) is 10.2. The van der Waals surface area contributed by atoms with E-state index in [1.165, 1.54) is 6.08 Å². The number of ether oxygens (including phenoxy) is 1. The second-order valence-electron chi connectivity index (χ2n) is 10.2. The average Bonchev–Trinajstić information content (AvgIpc) is 2.84. The molecule has 3 aromatic carbocycles. The molecular formula is C30H30O5. The summed E-state index contributed by atoms with van der Waals surface area (Å²) in [4.78, 5) is 26.9. The molecule has 2 unspecified atom stereocenters. The monoisotopic (exact) mass is 470 g/mol. The van der Waals surface area contributed by atoms with Crippen LogP contribution in [-0.2, 0) is 25.8 Å². The molecular weight excluding hydrogens is 440 g/mol. The smallest absolute Gasteiger partial charge is 0.322 e. The van der Waals surface area contributed by atoms with Crippen molar-refractivity contribution < 1.29 is 24.5 Å². The maximum absolute atomic E-state index is 14.1. The Bertz CT molecular complexity index is 1260. The van der Waals surface area contributed by atoms with Gasteiger partial charge in [-0.05, 0) is 35.1 Å². The van der Waals surface area contributed by atoms with Crippen molar-refractivity contribution in [3.63, 3.8) is 0 Å². The molecule has 0 saturated carbocycles. The van der Waals surface area contributed by atoms with Crippen LogP contribution < -0.4 is 4.74 Å². The van der Waals surface area contributed by atoms with E-state index in [2.05, 4.69) is 0 Å². The molecule has 4 rings (SSSR count). The Morgan fingerprint density at radius 1 is 0.829 bits per heavy atom. The van der Waals surface area contributed by atoms with Gasteiger partial charge >= 0.3 is 11.9 Å². The van der Waals surface area contributed by atoms with Crippen LogP contribution in [0.4, 0.5) is 0 Å². The lowest BCUT2D eigenvalue weighted by atomic mass is 9.59. The van der Waals surface area contributed by atoms with E-state index < -0.39 is 22.8 Å². The van der Waals surface area contributed by atoms with Crippen molar-refractivity contribution in [2.24, 2.45) is 0 Å². The number of aliphatic hydroxyl groups excluding tert-OH is 1. The third kappa shape index (κ3) is 4.46. The Morgan fingerprint density at radius 3 is 1.94 bits per heavy atom. The van der Waals surface area contributed by atoms with Crippen molar-refractivity contribution in [3.05, 3.63) is 113 Å². The summed E-state index contributed by atoms with van der Waals surface area (Å²) in [6.45, 7) is 6.10. The van der Waals surface area contributed by atoms with Crippen molar-refractivity contribution >= 4 is 11.9 Å². The van der Waals surface area contributed by atoms with Crippen LogP contribution in [0.2, 0.25) is 0 Å². The molecule has 0 bridgehead atoms. The summed E-state index contributed by atoms with van der Waals surface area (Å²) in [5.41, 5.74) is -1.36. The van der Waals surface area contributed by atoms with Gasteiger partial charge in [0.25, 0.3) is 0 Å². The van der Waals surface area contributed by atoms with Crippen molar-refractivity contribution in [3.8, 4) is 5.75 Å². The molecule has 0 radical (unpaired) electrons. The van der Waals surface area contributed by atoms with Crippen molar-refractivity contribution in [2.75, 3.05) is 0 Å². The molecule has 3 aromatic rings. The Balaban J connectivity index is 1.89. The van der Waals surface area contributed by atoms with Crippen LogP contribution in [0.15, 0.2) is 96.8 Å². The Labute approximate surface area is 205 Å². The largest absolute Gasteiger partial charge is 0.513 e. The Morgan fingerprint density at radius 2 is 1.37 bits per heavy atom. The molecule has 0 saturated heterocycles. The van der Waals surface area contributed by atoms with E-state index in [1.807, 2.05) is 39.0 Å². The third-order valence-electron chi connectivity index (χ3n) is 6.76. The number of allylic oxidation sites excluding steroid dienone is 1. The molecule has 180 valence electrons. The van der Waals surface area contributed by atoms with Gasteiger partial charge in [0.05, 0.1) is 5.76 Å². The lowest BCUT2D eigenvalue weighted by Crippen LogP contribution is -2.51. The minimum absolute atomic E-state index is 0.0601. The van der Waals surface area contributed by atoms with E-state index in [4.69, 9.17) is 4.74 Å². The summed E-state index contributed by atoms with van der Waals surface area (Å²) >= 11 is 0. The zero-order valence-corrected chi connectivity index (χ0v) is 20.2. The van der Waals surface area contributed by atoms with Gasteiger partial charge in [-0.25, -0.2) is 0 Å². The average molecular weight is 471 g/mol. The minimum atomic E-state index is -1.61. The van der Waals surface area contributed by atoms with Crippen LogP contribution in [0.5, 0.6) is 5.75 Å². The summed E-state index contributed by atoms with van der Waals surface area (Å²) in [6, 6.07) is 25.1. The van der Waals surface area contributed by atoms with Crippen molar-refractivity contribution in [2.45, 2.75) is 49.9 Å². The van der Waals surface area contributed by atoms with E-state index in [0.717, 1.165) is 5.56 Å². The number of carboxylic acids is 1. The first-order chi connectivity index (χ1) is 16.6. The van der Waals surface area contributed by atoms with E-state index in [-0.39, 0.29) is 24.0 Å². The number of para-hydroxylation sites is 1. The topological polar surface area (TPSA) is 83.8 Å². The highest BCUT2D eigenvalue weighted by Crippen LogP contribution is 2.49. The van der Waals surface area contributed by atoms with Gasteiger partial charge in [-0.3, -0.25) is 9.59 Å². The highest BCUT2D eigenvalue weighted by Gasteiger charge is 2.55. The van der Waals surface area contributed by atoms with Crippen LogP contribution in [0, 0.1) is 0 Å². The summed E-state index contributed by atoms with van der Waals surface area (Å²) in [7, 11) is 0. The number of rotatable bonds is 5. The van der Waals surface area contributed by atoms with Gasteiger partial charge in [0.1, 0.15) is 16.6 Å². The van der Waals surface area contributed by atoms with Gasteiger partial charge in [-0.1, -0.05) is 99.6 Å². The standard InChI is InChI=1S/C30H30O5/c1-28(2,3)24-16-10-11-17-25(24)35-27(34)30(22-14-8-5-9-15-22)19-23(31)18-29(20-30,26(32)33)21-12-6-4-7-13-21/h4-18,31H,19-20H2,1-3H3,(H,32,33). The van der Waals surface area contributed by atoms with E-state index in [0.29, 0.717) is 16.9 Å². The first-order valence-electron chi connectivity index (χ1n) is 11.7. The zero-order valence-electron chi connectivity index (χ0n) is 20.2. The first-order valence-corrected chi connectivity index (χ1v) is 11.7. The summed E-state index contributed by atoms with van der Waals surface area (Å²) in [6.07, 6.45) is 1.21. The van der Waals surface area contributed by atoms with Crippen LogP contribution in [0.1, 0.15) is 50.3 Å². The highest BCUT2D eigenvalue weighted by molar-refractivity contribution is 5.91. The van der Waals surface area contributed by atoms with Gasteiger partial charge < -0.3 is 14.9 Å². The fourth-order valence-corrected chi connectivity index (χ4v) is 5.01. The van der Waals surface area contributed by atoms with Gasteiger partial charge in [0.2, 0.25) is 0 Å². The number of carbonyl (C=O) groups excluding carboxylic acids is 1. The van der Waals surface area contributed by atoms with Gasteiger partial charge in [-0.15, -0.1) is 0 Å². The summed E-state index contributed by atoms with van der Waals surface area (Å²) in [5, 5.41) is 21.4. The lowest BCUT2D eigenvalue weighted by molar-refractivity contribution is -0.147. The SMILES string of the molecule is CC(C)(C)c1ccccc1OC(=O)C1(c2ccccc2)CC(O)=CC(C(=O)O)(c2ccccc2)C1. The van der Waals surface area contributed by atoms with Crippen LogP contribution in [0.25, 0.3) is 0 Å². The maximum atomic E-state index is 14.1. The first kappa shape index (κ1) is 24.3. The van der Waals surface area contributed by atoms with E-state index in [9.17, 15) is 19.8 Å². The second kappa shape index (κ2) is 9.06. The van der Waals surface area contributed by atoms with Gasteiger partial charge in [-0.2, -0.15) is 0 Å². The minimum Gasteiger partial charge on any atom is -0.513 e. The number of benzene rings is 3. The predicted octanol–water partition coefficient (Wildman–Crippen LogP) is 6.09. The van der Waals surface area contributed by atoms with E-state index in [1.54, 1.807) is 66.7 Å². The lowest BCUT2D eigenvalue weighted by Gasteiger charge is -2.42. The molecule has 2 atom stereocenters. The number of hydrogen-bond acceptors (Lipinski definition) is 4. The molecule has 2 N–H and O–H groups in total. The molecule has 1 aliphatic carbocycles. The fraction of sp³-hybridized carbons (Fsp3) is 0.267. The Hall–Kier alpha value is -3.86. The molecule has 0 heterocycles. The molecule has 35 heavy (non-hydrogen) atoms. The molecule has 0 fully saturated rings.